The van der Waals surface area contributed by atoms with Crippen LogP contribution >= 0.6 is 0 Å². The minimum Gasteiger partial charge on any atom is -0.308 e. The second kappa shape index (κ2) is 3.15. The molecule has 56 valence electrons. The Morgan fingerprint density at radius 1 is 1.45 bits per heavy atom. The van der Waals surface area contributed by atoms with E-state index in [9.17, 15) is 0 Å². The predicted molar refractivity (Wildman–Crippen MR) is 49.2 cm³/mol. The molecule has 0 unspecified atom stereocenters. The fourth-order valence-electron chi connectivity index (χ4n) is 0.969. The second-order valence-electron chi connectivity index (χ2n) is 2.46. The Labute approximate surface area is 66.9 Å². The SMILES string of the molecule is C=Cc1cc(C=N)ccc1C. The van der Waals surface area contributed by atoms with Gasteiger partial charge in [0.05, 0.1) is 0 Å². The highest BCUT2D eigenvalue weighted by Crippen LogP contribution is 2.10. The van der Waals surface area contributed by atoms with Crippen LogP contribution in [0.3, 0.4) is 0 Å². The lowest BCUT2D eigenvalue weighted by Gasteiger charge is -1.99. The average Bonchev–Trinajstić information content (AvgIpc) is 2.05. The van der Waals surface area contributed by atoms with Crippen LogP contribution in [0.25, 0.3) is 6.08 Å². The maximum absolute atomic E-state index is 7.03. The summed E-state index contributed by atoms with van der Waals surface area (Å²) in [6, 6.07) is 5.88. The van der Waals surface area contributed by atoms with Crippen molar-refractivity contribution in [1.82, 2.24) is 0 Å². The lowest BCUT2D eigenvalue weighted by Crippen LogP contribution is -1.84. The molecular weight excluding hydrogens is 134 g/mol. The largest absolute Gasteiger partial charge is 0.308 e. The summed E-state index contributed by atoms with van der Waals surface area (Å²) >= 11 is 0. The van der Waals surface area contributed by atoms with Crippen LogP contribution < -0.4 is 0 Å². The van der Waals surface area contributed by atoms with Gasteiger partial charge in [-0.05, 0) is 29.7 Å². The molecular formula is C10H11N. The molecule has 0 amide bonds. The van der Waals surface area contributed by atoms with Gasteiger partial charge < -0.3 is 5.41 Å². The van der Waals surface area contributed by atoms with Gasteiger partial charge in [-0.3, -0.25) is 0 Å². The van der Waals surface area contributed by atoms with Gasteiger partial charge in [-0.25, -0.2) is 0 Å². The van der Waals surface area contributed by atoms with Crippen LogP contribution in [0, 0.1) is 12.3 Å². The average molecular weight is 145 g/mol. The smallest absolute Gasteiger partial charge is 0.0250 e. The van der Waals surface area contributed by atoms with Crippen LogP contribution in [0.2, 0.25) is 0 Å². The fraction of sp³-hybridized carbons (Fsp3) is 0.100. The number of aryl methyl sites for hydroxylation is 1. The van der Waals surface area contributed by atoms with Gasteiger partial charge in [-0.1, -0.05) is 24.8 Å². The molecule has 0 saturated carbocycles. The molecule has 0 spiro atoms. The second-order valence-corrected chi connectivity index (χ2v) is 2.46. The van der Waals surface area contributed by atoms with Crippen molar-refractivity contribution in [3.05, 3.63) is 41.5 Å². The van der Waals surface area contributed by atoms with Crippen LogP contribution in [0.1, 0.15) is 16.7 Å². The molecule has 0 aliphatic heterocycles. The summed E-state index contributed by atoms with van der Waals surface area (Å²) in [5, 5.41) is 7.03. The summed E-state index contributed by atoms with van der Waals surface area (Å²) in [6.45, 7) is 5.72. The van der Waals surface area contributed by atoms with Gasteiger partial charge in [-0.2, -0.15) is 0 Å². The van der Waals surface area contributed by atoms with E-state index >= 15 is 0 Å². The first-order chi connectivity index (χ1) is 5.27. The van der Waals surface area contributed by atoms with Crippen molar-refractivity contribution in [2.45, 2.75) is 6.92 Å². The molecule has 11 heavy (non-hydrogen) atoms. The molecule has 0 radical (unpaired) electrons. The van der Waals surface area contributed by atoms with Crippen LogP contribution in [-0.4, -0.2) is 6.21 Å². The van der Waals surface area contributed by atoms with Crippen molar-refractivity contribution in [2.24, 2.45) is 0 Å². The highest BCUT2D eigenvalue weighted by molar-refractivity contribution is 5.78. The molecule has 0 fully saturated rings. The number of nitrogens with one attached hydrogen (secondary N) is 1. The highest BCUT2D eigenvalue weighted by atomic mass is 14.3. The monoisotopic (exact) mass is 145 g/mol. The normalized spacial score (nSPS) is 9.18. The van der Waals surface area contributed by atoms with Gasteiger partial charge in [0, 0.05) is 6.21 Å². The van der Waals surface area contributed by atoms with Crippen LogP contribution in [-0.2, 0) is 0 Å². The molecule has 0 aliphatic rings. The molecule has 1 heteroatoms. The summed E-state index contributed by atoms with van der Waals surface area (Å²) in [7, 11) is 0. The summed E-state index contributed by atoms with van der Waals surface area (Å²) < 4.78 is 0. The van der Waals surface area contributed by atoms with Crippen LogP contribution in [0.4, 0.5) is 0 Å². The van der Waals surface area contributed by atoms with E-state index in [0.717, 1.165) is 11.1 Å². The Bertz CT molecular complexity index is 287. The molecule has 0 atom stereocenters. The first-order valence-corrected chi connectivity index (χ1v) is 3.51. The number of hydrogen-bond acceptors (Lipinski definition) is 1. The van der Waals surface area contributed by atoms with E-state index < -0.39 is 0 Å². The summed E-state index contributed by atoms with van der Waals surface area (Å²) in [4.78, 5) is 0. The Morgan fingerprint density at radius 3 is 2.73 bits per heavy atom. The summed E-state index contributed by atoms with van der Waals surface area (Å²) in [5.74, 6) is 0. The Balaban J connectivity index is 3.22. The van der Waals surface area contributed by atoms with Crippen molar-refractivity contribution >= 4 is 12.3 Å². The van der Waals surface area contributed by atoms with E-state index in [1.165, 1.54) is 11.8 Å². The fourth-order valence-corrected chi connectivity index (χ4v) is 0.969. The van der Waals surface area contributed by atoms with Crippen LogP contribution in [0.5, 0.6) is 0 Å². The molecule has 1 N–H and O–H groups in total. The number of hydrogen-bond donors (Lipinski definition) is 1. The molecule has 0 aromatic heterocycles. The molecule has 0 bridgehead atoms. The Morgan fingerprint density at radius 2 is 2.18 bits per heavy atom. The van der Waals surface area contributed by atoms with E-state index in [1.54, 1.807) is 0 Å². The Kier molecular flexibility index (Phi) is 2.21. The lowest BCUT2D eigenvalue weighted by atomic mass is 10.1. The minimum absolute atomic E-state index is 0.922. The molecule has 1 aromatic rings. The van der Waals surface area contributed by atoms with Crippen molar-refractivity contribution in [2.75, 3.05) is 0 Å². The molecule has 1 aromatic carbocycles. The topological polar surface area (TPSA) is 23.9 Å². The van der Waals surface area contributed by atoms with Crippen molar-refractivity contribution in [1.29, 1.82) is 5.41 Å². The maximum Gasteiger partial charge on any atom is 0.0250 e. The maximum atomic E-state index is 7.03. The summed E-state index contributed by atoms with van der Waals surface area (Å²) in [5.41, 5.74) is 3.22. The first kappa shape index (κ1) is 7.73. The first-order valence-electron chi connectivity index (χ1n) is 3.51. The van der Waals surface area contributed by atoms with Gasteiger partial charge in [0.25, 0.3) is 0 Å². The number of benzene rings is 1. The molecule has 1 nitrogen and oxygen atoms in total. The molecule has 0 saturated heterocycles. The van der Waals surface area contributed by atoms with Gasteiger partial charge in [0.2, 0.25) is 0 Å². The third-order valence-corrected chi connectivity index (χ3v) is 1.69. The van der Waals surface area contributed by atoms with E-state index in [4.69, 9.17) is 5.41 Å². The van der Waals surface area contributed by atoms with Gasteiger partial charge in [0.15, 0.2) is 0 Å². The van der Waals surface area contributed by atoms with Crippen molar-refractivity contribution < 1.29 is 0 Å². The van der Waals surface area contributed by atoms with Gasteiger partial charge >= 0.3 is 0 Å². The molecule has 0 aliphatic carbocycles. The third-order valence-electron chi connectivity index (χ3n) is 1.69. The van der Waals surface area contributed by atoms with E-state index in [1.807, 2.05) is 31.2 Å². The van der Waals surface area contributed by atoms with E-state index in [0.29, 0.717) is 0 Å². The molecule has 0 heterocycles. The van der Waals surface area contributed by atoms with E-state index in [2.05, 4.69) is 6.58 Å². The lowest BCUT2D eigenvalue weighted by molar-refractivity contribution is 1.43. The highest BCUT2D eigenvalue weighted by Gasteiger charge is 1.93. The van der Waals surface area contributed by atoms with Crippen molar-refractivity contribution in [3.63, 3.8) is 0 Å². The zero-order valence-corrected chi connectivity index (χ0v) is 6.59. The van der Waals surface area contributed by atoms with Gasteiger partial charge in [-0.15, -0.1) is 0 Å². The number of rotatable bonds is 2. The Hall–Kier alpha value is -1.37. The summed E-state index contributed by atoms with van der Waals surface area (Å²) in [6.07, 6.45) is 3.15. The minimum atomic E-state index is 0.922. The quantitative estimate of drug-likeness (QED) is 0.618. The third kappa shape index (κ3) is 1.55. The van der Waals surface area contributed by atoms with Crippen LogP contribution in [0.15, 0.2) is 24.8 Å². The zero-order chi connectivity index (χ0) is 8.27. The standard InChI is InChI=1S/C10H11N/c1-3-10-6-9(7-11)5-4-8(10)2/h3-7,11H,1H2,2H3. The van der Waals surface area contributed by atoms with E-state index in [-0.39, 0.29) is 0 Å². The van der Waals surface area contributed by atoms with Crippen molar-refractivity contribution in [3.8, 4) is 0 Å². The van der Waals surface area contributed by atoms with Gasteiger partial charge in [0.1, 0.15) is 0 Å². The predicted octanol–water partition coefficient (Wildman–Crippen LogP) is 2.64. The zero-order valence-electron chi connectivity index (χ0n) is 6.59. The molecule has 1 rings (SSSR count).